The molecule has 78 heavy (non-hydrogen) atoms. The van der Waals surface area contributed by atoms with Crippen LogP contribution < -0.4 is 37.7 Å². The van der Waals surface area contributed by atoms with Gasteiger partial charge in [-0.1, -0.05) is 265 Å². The summed E-state index contributed by atoms with van der Waals surface area (Å²) < 4.78 is 0. The minimum atomic E-state index is -0.826. The van der Waals surface area contributed by atoms with Crippen molar-refractivity contribution in [3.8, 4) is 22.3 Å². The summed E-state index contributed by atoms with van der Waals surface area (Å²) in [6, 6.07) is 34.6. The molecule has 10 rings (SSSR count). The average Bonchev–Trinajstić information content (AvgIpc) is 4.17. The topological polar surface area (TPSA) is 0 Å². The molecule has 0 bridgehead atoms. The fourth-order valence-electron chi connectivity index (χ4n) is 14.1. The van der Waals surface area contributed by atoms with E-state index in [2.05, 4.69) is 250 Å². The van der Waals surface area contributed by atoms with Crippen molar-refractivity contribution in [1.82, 2.24) is 0 Å². The molecular weight excluding hydrogens is 1050 g/mol. The molecule has 412 valence electrons. The molecule has 0 N–H and O–H groups in total. The Kier molecular flexibility index (Phi) is 24.4. The van der Waals surface area contributed by atoms with Gasteiger partial charge >= 0.3 is 75.6 Å². The molecule has 6 unspecified atom stereocenters. The van der Waals surface area contributed by atoms with Gasteiger partial charge < -0.3 is 17.7 Å². The Morgan fingerprint density at radius 2 is 1.06 bits per heavy atom. The molecule has 4 aromatic carbocycles. The summed E-state index contributed by atoms with van der Waals surface area (Å²) in [5.41, 5.74) is 19.7. The zero-order valence-corrected chi connectivity index (χ0v) is 55.6. The predicted molar refractivity (Wildman–Crippen MR) is 337 cm³/mol. The average molecular weight is 1150 g/mol. The zero-order valence-electron chi connectivity index (χ0n) is 53.6. The minimum Gasteiger partial charge on any atom is -1.00 e. The minimum absolute atomic E-state index is 0. The van der Waals surface area contributed by atoms with Gasteiger partial charge in [-0.2, -0.15) is 0 Å². The van der Waals surface area contributed by atoms with E-state index in [0.717, 1.165) is 12.3 Å². The molecule has 4 aromatic rings. The molecule has 6 atom stereocenters. The third-order valence-electron chi connectivity index (χ3n) is 18.3. The largest absolute Gasteiger partial charge is 1.00 e. The summed E-state index contributed by atoms with van der Waals surface area (Å²) in [5.74, 6) is 4.19. The SMILES string of the molecule is C.CC(C)(C)C1=CC2C(C=C1)C1C(c3ccccc3)=CC(C(C)(C)C)=CC1C2C(C)(C)C1CCCC1.CC(C)(C)c1ccc2c(c1)C(C(C)(C)C1=CCC=C1)c1cc(C(C)(C)C)cc(-c3ccccc3)c1-2.[CH3-].[CH3-].[Cl][Zr+2][Cl].[H-].[H-].[Li+].[Li+]. The first-order chi connectivity index (χ1) is 34.2. The Morgan fingerprint density at radius 3 is 1.58 bits per heavy atom. The van der Waals surface area contributed by atoms with Crippen LogP contribution in [-0.2, 0) is 31.7 Å². The molecule has 0 amide bonds. The quantitative estimate of drug-likeness (QED) is 0.133. The van der Waals surface area contributed by atoms with E-state index in [-0.39, 0.29) is 89.9 Å². The Morgan fingerprint density at radius 1 is 0.538 bits per heavy atom. The van der Waals surface area contributed by atoms with E-state index in [1.165, 1.54) is 92.5 Å². The number of fused-ring (bicyclic) bond motifs is 6. The maximum absolute atomic E-state index is 4.93. The second-order valence-electron chi connectivity index (χ2n) is 27.8. The fourth-order valence-corrected chi connectivity index (χ4v) is 14.1. The van der Waals surface area contributed by atoms with Crippen molar-refractivity contribution < 1.29 is 61.4 Å². The molecule has 6 aliphatic carbocycles. The van der Waals surface area contributed by atoms with Crippen LogP contribution in [0.15, 0.2) is 156 Å². The van der Waals surface area contributed by atoms with Crippen LogP contribution in [0.2, 0.25) is 0 Å². The van der Waals surface area contributed by atoms with Gasteiger partial charge in [0.2, 0.25) is 0 Å². The van der Waals surface area contributed by atoms with Crippen LogP contribution in [0.1, 0.15) is 187 Å². The van der Waals surface area contributed by atoms with Gasteiger partial charge in [0.1, 0.15) is 0 Å². The molecule has 0 saturated heterocycles. The molecular formula is C73H100Cl2Li2Zr. The molecule has 0 nitrogen and oxygen atoms in total. The first-order valence-electron chi connectivity index (χ1n) is 27.8. The molecule has 2 fully saturated rings. The second kappa shape index (κ2) is 27.1. The van der Waals surface area contributed by atoms with Crippen LogP contribution >= 0.6 is 17.0 Å². The van der Waals surface area contributed by atoms with Gasteiger partial charge in [-0.05, 0) is 160 Å². The van der Waals surface area contributed by atoms with E-state index >= 15 is 0 Å². The third kappa shape index (κ3) is 14.3. The monoisotopic (exact) mass is 1150 g/mol. The summed E-state index contributed by atoms with van der Waals surface area (Å²) in [6.07, 6.45) is 27.0. The van der Waals surface area contributed by atoms with Gasteiger partial charge in [0, 0.05) is 11.3 Å². The second-order valence-corrected chi connectivity index (χ2v) is 31.6. The molecule has 0 aliphatic heterocycles. The van der Waals surface area contributed by atoms with E-state index in [4.69, 9.17) is 17.0 Å². The van der Waals surface area contributed by atoms with Gasteiger partial charge in [0.15, 0.2) is 0 Å². The Bertz CT molecular complexity index is 2840. The number of allylic oxidation sites excluding steroid dienone is 12. The maximum Gasteiger partial charge on any atom is 1.00 e. The van der Waals surface area contributed by atoms with E-state index in [9.17, 15) is 0 Å². The standard InChI is InChI=1S/C35H48.C35H40.CH4.2CH3.2ClH.2Li.Zr.2H/c2*1-33(2,3)25-18-19-27-29(20-25)32(35(7,8)24-16-12-13-17-24)30-22-26(34(4,5)6)21-28(31(27)30)23-14-10-9-11-15-23;;;;;;;;;;/h9-11,14-15,18-22,24,27,29-32H,12-13,16-17H2,1-8H3;9-12,14-22,32H,13H2,1-8H3;1H4;2*1H3;2*1H;;;;;/q;;;2*-1;;;2*+1;+4;2*-1/p-2. The molecule has 5 heteroatoms. The van der Waals surface area contributed by atoms with E-state index in [0.29, 0.717) is 40.9 Å². The van der Waals surface area contributed by atoms with Gasteiger partial charge in [0.25, 0.3) is 0 Å². The van der Waals surface area contributed by atoms with E-state index in [1.54, 1.807) is 5.57 Å². The maximum atomic E-state index is 4.93. The fraction of sp³-hybridized carbons (Fsp3) is 0.479. The molecule has 0 radical (unpaired) electrons. The van der Waals surface area contributed by atoms with Crippen molar-refractivity contribution in [3.63, 3.8) is 0 Å². The van der Waals surface area contributed by atoms with Crippen LogP contribution in [-0.4, -0.2) is 0 Å². The molecule has 6 aliphatic rings. The van der Waals surface area contributed by atoms with Gasteiger partial charge in [0.05, 0.1) is 0 Å². The number of hydrogen-bond donors (Lipinski definition) is 0. The van der Waals surface area contributed by atoms with Crippen LogP contribution in [0.4, 0.5) is 0 Å². The zero-order chi connectivity index (χ0) is 53.1. The van der Waals surface area contributed by atoms with Crippen LogP contribution in [0, 0.1) is 72.0 Å². The Balaban J connectivity index is 0.000000704. The number of benzene rings is 4. The smallest absolute Gasteiger partial charge is 1.00 e. The Labute approximate surface area is 524 Å². The normalized spacial score (nSPS) is 22.1. The van der Waals surface area contributed by atoms with E-state index < -0.39 is 20.8 Å². The molecule has 2 saturated carbocycles. The Hall–Kier alpha value is -2.02. The summed E-state index contributed by atoms with van der Waals surface area (Å²) in [5, 5.41) is 0. The molecule has 0 heterocycles. The van der Waals surface area contributed by atoms with Gasteiger partial charge in [-0.3, -0.25) is 0 Å². The summed E-state index contributed by atoms with van der Waals surface area (Å²) in [6.45, 7) is 38.5. The predicted octanol–water partition coefficient (Wildman–Crippen LogP) is 17.0. The molecule has 0 spiro atoms. The first-order valence-corrected chi connectivity index (χ1v) is 34.1. The summed E-state index contributed by atoms with van der Waals surface area (Å²) in [7, 11) is 9.87. The van der Waals surface area contributed by atoms with Crippen LogP contribution in [0.25, 0.3) is 27.8 Å². The van der Waals surface area contributed by atoms with Crippen molar-refractivity contribution in [2.45, 2.75) is 167 Å². The summed E-state index contributed by atoms with van der Waals surface area (Å²) in [4.78, 5) is 0. The van der Waals surface area contributed by atoms with Gasteiger partial charge in [-0.25, -0.2) is 0 Å². The van der Waals surface area contributed by atoms with Crippen molar-refractivity contribution >= 4 is 22.6 Å². The number of rotatable bonds is 6. The summed E-state index contributed by atoms with van der Waals surface area (Å²) >= 11 is -0.826. The third-order valence-corrected chi connectivity index (χ3v) is 18.3. The van der Waals surface area contributed by atoms with Crippen molar-refractivity contribution in [3.05, 3.63) is 199 Å². The van der Waals surface area contributed by atoms with E-state index in [1.807, 2.05) is 0 Å². The van der Waals surface area contributed by atoms with Crippen LogP contribution in [0.5, 0.6) is 0 Å². The number of halogens is 2. The van der Waals surface area contributed by atoms with Crippen molar-refractivity contribution in [2.75, 3.05) is 0 Å². The van der Waals surface area contributed by atoms with Crippen molar-refractivity contribution in [1.29, 1.82) is 0 Å². The first kappa shape index (κ1) is 70.2. The molecule has 0 aromatic heterocycles. The van der Waals surface area contributed by atoms with Gasteiger partial charge in [-0.15, -0.1) is 0 Å². The number of hydrogen-bond acceptors (Lipinski definition) is 0. The van der Waals surface area contributed by atoms with Crippen LogP contribution in [0.3, 0.4) is 0 Å². The van der Waals surface area contributed by atoms with Crippen molar-refractivity contribution in [2.24, 2.45) is 57.2 Å².